The van der Waals surface area contributed by atoms with Crippen molar-refractivity contribution in [2.24, 2.45) is 11.8 Å². The maximum absolute atomic E-state index is 6.08. The molecule has 1 aromatic rings. The highest BCUT2D eigenvalue weighted by Gasteiger charge is 2.25. The quantitative estimate of drug-likeness (QED) is 0.676. The third-order valence-corrected chi connectivity index (χ3v) is 4.09. The van der Waals surface area contributed by atoms with Crippen molar-refractivity contribution < 1.29 is 4.74 Å². The molecular formula is C14H23N3OS. The fourth-order valence-corrected chi connectivity index (χ4v) is 3.19. The van der Waals surface area contributed by atoms with Crippen molar-refractivity contribution in [1.82, 2.24) is 9.97 Å². The van der Waals surface area contributed by atoms with E-state index in [1.807, 2.05) is 19.4 Å². The van der Waals surface area contributed by atoms with Gasteiger partial charge in [0.1, 0.15) is 11.9 Å². The normalized spacial score (nSPS) is 27.1. The average molecular weight is 281 g/mol. The number of hydrogen-bond acceptors (Lipinski definition) is 5. The SMILES string of the molecule is CNc1cc(OC2CC(C)CC(C)C2)nc(SC)n1. The second-order valence-corrected chi connectivity index (χ2v) is 6.26. The van der Waals surface area contributed by atoms with E-state index in [2.05, 4.69) is 29.1 Å². The van der Waals surface area contributed by atoms with Crippen LogP contribution in [-0.4, -0.2) is 29.4 Å². The maximum atomic E-state index is 6.08. The van der Waals surface area contributed by atoms with E-state index in [0.29, 0.717) is 5.88 Å². The lowest BCUT2D eigenvalue weighted by molar-refractivity contribution is 0.0959. The van der Waals surface area contributed by atoms with Crippen LogP contribution < -0.4 is 10.1 Å². The Morgan fingerprint density at radius 1 is 1.21 bits per heavy atom. The van der Waals surface area contributed by atoms with Crippen molar-refractivity contribution in [3.63, 3.8) is 0 Å². The minimum Gasteiger partial charge on any atom is -0.474 e. The minimum atomic E-state index is 0.285. The molecule has 1 heterocycles. The van der Waals surface area contributed by atoms with Gasteiger partial charge in [-0.2, -0.15) is 4.98 Å². The largest absolute Gasteiger partial charge is 0.474 e. The zero-order chi connectivity index (χ0) is 13.8. The Hall–Kier alpha value is -0.970. The summed E-state index contributed by atoms with van der Waals surface area (Å²) in [6.45, 7) is 4.61. The summed E-state index contributed by atoms with van der Waals surface area (Å²) in [5.41, 5.74) is 0. The summed E-state index contributed by atoms with van der Waals surface area (Å²) in [5, 5.41) is 3.80. The molecule has 2 unspecified atom stereocenters. The number of anilines is 1. The van der Waals surface area contributed by atoms with E-state index in [9.17, 15) is 0 Å². The van der Waals surface area contributed by atoms with Crippen LogP contribution in [0.15, 0.2) is 11.2 Å². The first kappa shape index (κ1) is 14.4. The Morgan fingerprint density at radius 2 is 1.89 bits per heavy atom. The number of nitrogens with zero attached hydrogens (tertiary/aromatic N) is 2. The van der Waals surface area contributed by atoms with Gasteiger partial charge in [-0.05, 0) is 37.4 Å². The molecule has 4 nitrogen and oxygen atoms in total. The van der Waals surface area contributed by atoms with Gasteiger partial charge in [-0.1, -0.05) is 25.6 Å². The Balaban J connectivity index is 2.09. The Kier molecular flexibility index (Phi) is 4.91. The van der Waals surface area contributed by atoms with Gasteiger partial charge in [0.15, 0.2) is 5.16 Å². The molecule has 0 saturated heterocycles. The Morgan fingerprint density at radius 3 is 2.47 bits per heavy atom. The van der Waals surface area contributed by atoms with Gasteiger partial charge in [0, 0.05) is 13.1 Å². The fraction of sp³-hybridized carbons (Fsp3) is 0.714. The van der Waals surface area contributed by atoms with Gasteiger partial charge >= 0.3 is 0 Å². The summed E-state index contributed by atoms with van der Waals surface area (Å²) in [4.78, 5) is 8.79. The maximum Gasteiger partial charge on any atom is 0.219 e. The lowest BCUT2D eigenvalue weighted by Crippen LogP contribution is -2.28. The molecular weight excluding hydrogens is 258 g/mol. The topological polar surface area (TPSA) is 47.0 Å². The van der Waals surface area contributed by atoms with Crippen LogP contribution in [0, 0.1) is 11.8 Å². The van der Waals surface area contributed by atoms with Gasteiger partial charge in [-0.3, -0.25) is 0 Å². The first-order chi connectivity index (χ1) is 9.10. The number of ether oxygens (including phenoxy) is 1. The summed E-state index contributed by atoms with van der Waals surface area (Å²) >= 11 is 1.53. The van der Waals surface area contributed by atoms with E-state index in [-0.39, 0.29) is 6.10 Å². The molecule has 2 atom stereocenters. The molecule has 1 aliphatic carbocycles. The second kappa shape index (κ2) is 6.46. The summed E-state index contributed by atoms with van der Waals surface area (Å²) in [7, 11) is 1.86. The lowest BCUT2D eigenvalue weighted by atomic mass is 9.82. The molecule has 1 aliphatic rings. The first-order valence-electron chi connectivity index (χ1n) is 6.88. The van der Waals surface area contributed by atoms with Crippen LogP contribution in [0.4, 0.5) is 5.82 Å². The smallest absolute Gasteiger partial charge is 0.219 e. The van der Waals surface area contributed by atoms with E-state index < -0.39 is 0 Å². The van der Waals surface area contributed by atoms with Crippen molar-refractivity contribution in [2.75, 3.05) is 18.6 Å². The molecule has 0 amide bonds. The van der Waals surface area contributed by atoms with Crippen molar-refractivity contribution in [2.45, 2.75) is 44.4 Å². The van der Waals surface area contributed by atoms with E-state index in [4.69, 9.17) is 4.74 Å². The number of thioether (sulfide) groups is 1. The Labute approximate surface area is 119 Å². The standard InChI is InChI=1S/C14H23N3OS/c1-9-5-10(2)7-11(6-9)18-13-8-12(15-3)16-14(17-13)19-4/h8-11H,5-7H2,1-4H3,(H,15,16,17). The molecule has 1 fully saturated rings. The Bertz CT molecular complexity index is 395. The predicted octanol–water partition coefficient (Wildman–Crippen LogP) is 3.44. The van der Waals surface area contributed by atoms with Gasteiger partial charge in [-0.25, -0.2) is 4.98 Å². The van der Waals surface area contributed by atoms with Gasteiger partial charge in [0.2, 0.25) is 5.88 Å². The molecule has 0 radical (unpaired) electrons. The van der Waals surface area contributed by atoms with Crippen LogP contribution >= 0.6 is 11.8 Å². The van der Waals surface area contributed by atoms with Gasteiger partial charge in [0.05, 0.1) is 0 Å². The minimum absolute atomic E-state index is 0.285. The number of nitrogens with one attached hydrogen (secondary N) is 1. The zero-order valence-corrected chi connectivity index (χ0v) is 13.0. The first-order valence-corrected chi connectivity index (χ1v) is 8.10. The molecule has 1 saturated carbocycles. The highest BCUT2D eigenvalue weighted by molar-refractivity contribution is 7.98. The van der Waals surface area contributed by atoms with Gasteiger partial charge < -0.3 is 10.1 Å². The molecule has 19 heavy (non-hydrogen) atoms. The van der Waals surface area contributed by atoms with E-state index >= 15 is 0 Å². The molecule has 106 valence electrons. The summed E-state index contributed by atoms with van der Waals surface area (Å²) in [5.74, 6) is 2.97. The molecule has 1 N–H and O–H groups in total. The van der Waals surface area contributed by atoms with Crippen molar-refractivity contribution in [1.29, 1.82) is 0 Å². The zero-order valence-electron chi connectivity index (χ0n) is 12.1. The van der Waals surface area contributed by atoms with E-state index in [1.54, 1.807) is 0 Å². The second-order valence-electron chi connectivity index (χ2n) is 5.49. The third kappa shape index (κ3) is 4.00. The lowest BCUT2D eigenvalue weighted by Gasteiger charge is -2.31. The van der Waals surface area contributed by atoms with Crippen LogP contribution in [0.2, 0.25) is 0 Å². The number of hydrogen-bond donors (Lipinski definition) is 1. The summed E-state index contributed by atoms with van der Waals surface area (Å²) < 4.78 is 6.08. The highest BCUT2D eigenvalue weighted by atomic mass is 32.2. The van der Waals surface area contributed by atoms with E-state index in [0.717, 1.165) is 35.7 Å². The molecule has 1 aromatic heterocycles. The number of aromatic nitrogens is 2. The van der Waals surface area contributed by atoms with E-state index in [1.165, 1.54) is 18.2 Å². The molecule has 2 rings (SSSR count). The summed E-state index contributed by atoms with van der Waals surface area (Å²) in [6, 6.07) is 1.88. The average Bonchev–Trinajstić information content (AvgIpc) is 2.37. The third-order valence-electron chi connectivity index (χ3n) is 3.54. The van der Waals surface area contributed by atoms with Crippen molar-refractivity contribution in [3.05, 3.63) is 6.07 Å². The molecule has 5 heteroatoms. The predicted molar refractivity (Wildman–Crippen MR) is 80.0 cm³/mol. The fourth-order valence-electron chi connectivity index (χ4n) is 2.82. The van der Waals surface area contributed by atoms with Crippen LogP contribution in [0.5, 0.6) is 5.88 Å². The van der Waals surface area contributed by atoms with Gasteiger partial charge in [-0.15, -0.1) is 0 Å². The van der Waals surface area contributed by atoms with Crippen molar-refractivity contribution >= 4 is 17.6 Å². The number of rotatable bonds is 4. The molecule has 0 spiro atoms. The summed E-state index contributed by atoms with van der Waals surface area (Å²) in [6.07, 6.45) is 5.81. The molecule has 0 aliphatic heterocycles. The monoisotopic (exact) mass is 281 g/mol. The highest BCUT2D eigenvalue weighted by Crippen LogP contribution is 2.31. The van der Waals surface area contributed by atoms with Crippen LogP contribution in [0.3, 0.4) is 0 Å². The molecule has 0 bridgehead atoms. The van der Waals surface area contributed by atoms with Crippen molar-refractivity contribution in [3.8, 4) is 5.88 Å². The van der Waals surface area contributed by atoms with Crippen LogP contribution in [0.1, 0.15) is 33.1 Å². The molecule has 0 aromatic carbocycles. The van der Waals surface area contributed by atoms with Crippen LogP contribution in [-0.2, 0) is 0 Å². The van der Waals surface area contributed by atoms with Gasteiger partial charge in [0.25, 0.3) is 0 Å². The van der Waals surface area contributed by atoms with Crippen LogP contribution in [0.25, 0.3) is 0 Å².